The van der Waals surface area contributed by atoms with Crippen molar-refractivity contribution in [1.29, 1.82) is 0 Å². The first kappa shape index (κ1) is 9.27. The van der Waals surface area contributed by atoms with Crippen molar-refractivity contribution < 1.29 is 13.2 Å². The molecule has 1 saturated heterocycles. The van der Waals surface area contributed by atoms with Crippen molar-refractivity contribution in [1.82, 2.24) is 0 Å². The molecule has 0 aromatic rings. The molecule has 3 nitrogen and oxygen atoms in total. The lowest BCUT2D eigenvalue weighted by atomic mass is 10.2. The van der Waals surface area contributed by atoms with Crippen LogP contribution >= 0.6 is 0 Å². The topological polar surface area (TPSA) is 51.2 Å². The molecule has 1 aliphatic rings. The van der Waals surface area contributed by atoms with E-state index in [0.717, 1.165) is 6.42 Å². The van der Waals surface area contributed by atoms with Crippen LogP contribution in [-0.4, -0.2) is 25.7 Å². The molecule has 1 heterocycles. The van der Waals surface area contributed by atoms with E-state index in [0.29, 0.717) is 19.1 Å². The molecule has 0 aromatic carbocycles. The van der Waals surface area contributed by atoms with E-state index in [1.165, 1.54) is 0 Å². The molecule has 1 atom stereocenters. The summed E-state index contributed by atoms with van der Waals surface area (Å²) in [5, 5.41) is -0.329. The molecular formula is C8H10O3S. The molecule has 0 bridgehead atoms. The zero-order valence-corrected chi connectivity index (χ0v) is 7.43. The van der Waals surface area contributed by atoms with E-state index in [2.05, 4.69) is 11.8 Å². The highest BCUT2D eigenvalue weighted by Gasteiger charge is 2.30. The maximum Gasteiger partial charge on any atom is 0.192 e. The molecule has 0 saturated carbocycles. The molecule has 1 aliphatic heterocycles. The van der Waals surface area contributed by atoms with Crippen molar-refractivity contribution in [2.75, 3.05) is 5.75 Å². The van der Waals surface area contributed by atoms with Crippen LogP contribution in [0.3, 0.4) is 0 Å². The minimum Gasteiger partial charge on any atom is -0.289 e. The van der Waals surface area contributed by atoms with E-state index in [1.807, 2.05) is 0 Å². The number of rotatable bonds is 1. The van der Waals surface area contributed by atoms with Gasteiger partial charge in [0.1, 0.15) is 0 Å². The second-order valence-corrected chi connectivity index (χ2v) is 5.17. The van der Waals surface area contributed by atoms with Gasteiger partial charge >= 0.3 is 0 Å². The van der Waals surface area contributed by atoms with Crippen molar-refractivity contribution in [2.24, 2.45) is 0 Å². The smallest absolute Gasteiger partial charge is 0.192 e. The number of carbonyl (C=O) groups excluding carboxylic acids is 1. The van der Waals surface area contributed by atoms with Gasteiger partial charge in [0, 0.05) is 6.42 Å². The van der Waals surface area contributed by atoms with Crippen LogP contribution in [0.15, 0.2) is 0 Å². The van der Waals surface area contributed by atoms with Crippen LogP contribution in [0.1, 0.15) is 19.3 Å². The fraction of sp³-hybridized carbons (Fsp3) is 0.625. The predicted molar refractivity (Wildman–Crippen MR) is 45.3 cm³/mol. The Morgan fingerprint density at radius 2 is 2.25 bits per heavy atom. The average Bonchev–Trinajstić information content (AvgIpc) is 2.32. The van der Waals surface area contributed by atoms with E-state index in [4.69, 9.17) is 0 Å². The van der Waals surface area contributed by atoms with Gasteiger partial charge in [-0.25, -0.2) is 8.42 Å². The number of hydrogen-bond donors (Lipinski definition) is 0. The quantitative estimate of drug-likeness (QED) is 0.433. The Morgan fingerprint density at radius 1 is 1.50 bits per heavy atom. The van der Waals surface area contributed by atoms with E-state index >= 15 is 0 Å². The number of hydrogen-bond acceptors (Lipinski definition) is 3. The molecule has 0 spiro atoms. The zero-order valence-electron chi connectivity index (χ0n) is 6.62. The summed E-state index contributed by atoms with van der Waals surface area (Å²) in [5.74, 6) is 5.03. The van der Waals surface area contributed by atoms with E-state index in [1.54, 1.807) is 0 Å². The summed E-state index contributed by atoms with van der Waals surface area (Å²) in [6.07, 6.45) is 2.22. The Bertz CT molecular complexity index is 318. The molecule has 1 fully saturated rings. The monoisotopic (exact) mass is 186 g/mol. The lowest BCUT2D eigenvalue weighted by Gasteiger charge is -2.01. The number of carbonyl (C=O) groups is 1. The van der Waals surface area contributed by atoms with Gasteiger partial charge in [-0.1, -0.05) is 5.92 Å². The standard InChI is InChI=1S/C8H10O3S/c9-6-2-1-4-8-5-3-7-12(8,10)11/h6,8H,3-5,7H2. The van der Waals surface area contributed by atoms with Gasteiger partial charge in [-0.05, 0) is 18.8 Å². The van der Waals surface area contributed by atoms with E-state index in [9.17, 15) is 13.2 Å². The summed E-state index contributed by atoms with van der Waals surface area (Å²) in [6.45, 7) is 0. The largest absolute Gasteiger partial charge is 0.289 e. The third-order valence-corrected chi connectivity index (χ3v) is 4.23. The molecule has 0 N–H and O–H groups in total. The summed E-state index contributed by atoms with van der Waals surface area (Å²) in [7, 11) is -2.89. The van der Waals surface area contributed by atoms with Gasteiger partial charge in [0.15, 0.2) is 16.1 Å². The molecule has 0 radical (unpaired) electrons. The molecule has 0 aromatic heterocycles. The van der Waals surface area contributed by atoms with Crippen LogP contribution in [0.2, 0.25) is 0 Å². The van der Waals surface area contributed by atoms with Crippen LogP contribution < -0.4 is 0 Å². The van der Waals surface area contributed by atoms with Crippen molar-refractivity contribution in [2.45, 2.75) is 24.5 Å². The highest BCUT2D eigenvalue weighted by atomic mass is 32.2. The minimum absolute atomic E-state index is 0.278. The molecule has 1 unspecified atom stereocenters. The summed E-state index contributed by atoms with van der Waals surface area (Å²) in [4.78, 5) is 9.82. The fourth-order valence-electron chi connectivity index (χ4n) is 1.30. The third-order valence-electron chi connectivity index (χ3n) is 1.95. The molecule has 66 valence electrons. The summed E-state index contributed by atoms with van der Waals surface area (Å²) in [6, 6.07) is 0. The normalized spacial score (nSPS) is 25.8. The number of sulfone groups is 1. The second-order valence-electron chi connectivity index (χ2n) is 2.77. The lowest BCUT2D eigenvalue weighted by Crippen LogP contribution is -2.14. The molecule has 1 rings (SSSR count). The van der Waals surface area contributed by atoms with Crippen molar-refractivity contribution in [3.63, 3.8) is 0 Å². The molecule has 12 heavy (non-hydrogen) atoms. The second kappa shape index (κ2) is 3.72. The van der Waals surface area contributed by atoms with Crippen molar-refractivity contribution in [3.8, 4) is 11.8 Å². The fourth-order valence-corrected chi connectivity index (χ4v) is 3.07. The van der Waals surface area contributed by atoms with Gasteiger partial charge in [-0.2, -0.15) is 0 Å². The molecule has 4 heteroatoms. The first-order valence-corrected chi connectivity index (χ1v) is 5.52. The number of aldehydes is 1. The highest BCUT2D eigenvalue weighted by molar-refractivity contribution is 7.92. The van der Waals surface area contributed by atoms with Gasteiger partial charge in [-0.15, -0.1) is 0 Å². The minimum atomic E-state index is -2.89. The van der Waals surface area contributed by atoms with Crippen molar-refractivity contribution >= 4 is 16.1 Å². The molecular weight excluding hydrogens is 176 g/mol. The Morgan fingerprint density at radius 3 is 2.75 bits per heavy atom. The lowest BCUT2D eigenvalue weighted by molar-refractivity contribution is -0.103. The van der Waals surface area contributed by atoms with Gasteiger partial charge < -0.3 is 0 Å². The maximum atomic E-state index is 11.2. The van der Waals surface area contributed by atoms with Gasteiger partial charge in [0.05, 0.1) is 11.0 Å². The van der Waals surface area contributed by atoms with Crippen LogP contribution in [0, 0.1) is 11.8 Å². The third kappa shape index (κ3) is 2.08. The first-order chi connectivity index (χ1) is 5.67. The van der Waals surface area contributed by atoms with Crippen LogP contribution in [-0.2, 0) is 14.6 Å². The SMILES string of the molecule is O=CC#CCC1CCCS1(=O)=O. The highest BCUT2D eigenvalue weighted by Crippen LogP contribution is 2.21. The van der Waals surface area contributed by atoms with Gasteiger partial charge in [0.25, 0.3) is 0 Å². The Kier molecular flexibility index (Phi) is 2.88. The predicted octanol–water partition coefficient (Wildman–Crippen LogP) is 0.156. The Balaban J connectivity index is 2.59. The van der Waals surface area contributed by atoms with E-state index < -0.39 is 9.84 Å². The molecule has 0 amide bonds. The van der Waals surface area contributed by atoms with Crippen LogP contribution in [0.4, 0.5) is 0 Å². The average molecular weight is 186 g/mol. The summed E-state index contributed by atoms with van der Waals surface area (Å²) >= 11 is 0. The van der Waals surface area contributed by atoms with Gasteiger partial charge in [-0.3, -0.25) is 4.79 Å². The molecule has 0 aliphatic carbocycles. The van der Waals surface area contributed by atoms with Crippen LogP contribution in [0.5, 0.6) is 0 Å². The summed E-state index contributed by atoms with van der Waals surface area (Å²) in [5.41, 5.74) is 0. The summed E-state index contributed by atoms with van der Waals surface area (Å²) < 4.78 is 22.4. The van der Waals surface area contributed by atoms with Gasteiger partial charge in [0.2, 0.25) is 0 Å². The Labute approximate surface area is 72.1 Å². The maximum absolute atomic E-state index is 11.2. The van der Waals surface area contributed by atoms with Crippen molar-refractivity contribution in [3.05, 3.63) is 0 Å². The Hall–Kier alpha value is -0.820. The first-order valence-electron chi connectivity index (χ1n) is 3.80. The van der Waals surface area contributed by atoms with Crippen LogP contribution in [0.25, 0.3) is 0 Å². The zero-order chi connectivity index (χ0) is 9.03. The van der Waals surface area contributed by atoms with E-state index in [-0.39, 0.29) is 11.0 Å².